The zero-order valence-electron chi connectivity index (χ0n) is 9.69. The topological polar surface area (TPSA) is 44.1 Å². The zero-order chi connectivity index (χ0) is 11.5. The molecule has 0 amide bonds. The van der Waals surface area contributed by atoms with Gasteiger partial charge in [0, 0.05) is 13.0 Å². The van der Waals surface area contributed by atoms with Gasteiger partial charge in [0.2, 0.25) is 0 Å². The van der Waals surface area contributed by atoms with E-state index in [9.17, 15) is 4.79 Å². The van der Waals surface area contributed by atoms with Crippen molar-refractivity contribution in [2.75, 3.05) is 7.11 Å². The standard InChI is InChI=1S/C12H16N2O2/c1-3-6-14-12(11(16-2)8-13-14)9-4-5-10(15)7-9/h7-8H,3-6H2,1-2H3. The summed E-state index contributed by atoms with van der Waals surface area (Å²) in [4.78, 5) is 11.3. The van der Waals surface area contributed by atoms with Crippen molar-refractivity contribution >= 4 is 11.4 Å². The van der Waals surface area contributed by atoms with Crippen molar-refractivity contribution in [2.24, 2.45) is 0 Å². The number of ether oxygens (including phenoxy) is 1. The molecule has 4 heteroatoms. The number of nitrogens with zero attached hydrogens (tertiary/aromatic N) is 2. The third-order valence-corrected chi connectivity index (χ3v) is 2.74. The van der Waals surface area contributed by atoms with Gasteiger partial charge in [0.1, 0.15) is 5.69 Å². The second-order valence-corrected chi connectivity index (χ2v) is 3.92. The molecule has 0 saturated carbocycles. The Balaban J connectivity index is 2.40. The van der Waals surface area contributed by atoms with Gasteiger partial charge < -0.3 is 4.74 Å². The molecule has 0 saturated heterocycles. The van der Waals surface area contributed by atoms with Crippen LogP contribution in [0, 0.1) is 0 Å². The maximum absolute atomic E-state index is 11.3. The number of rotatable bonds is 4. The Labute approximate surface area is 94.9 Å². The fourth-order valence-electron chi connectivity index (χ4n) is 2.01. The van der Waals surface area contributed by atoms with Crippen LogP contribution in [0.25, 0.3) is 5.57 Å². The normalized spacial score (nSPS) is 15.4. The molecular formula is C12H16N2O2. The third kappa shape index (κ3) is 1.87. The van der Waals surface area contributed by atoms with Crippen molar-refractivity contribution in [3.05, 3.63) is 18.0 Å². The molecule has 0 N–H and O–H groups in total. The molecule has 0 aromatic carbocycles. The fraction of sp³-hybridized carbons (Fsp3) is 0.500. The monoisotopic (exact) mass is 220 g/mol. The van der Waals surface area contributed by atoms with Crippen LogP contribution in [0.1, 0.15) is 31.9 Å². The van der Waals surface area contributed by atoms with Crippen LogP contribution >= 0.6 is 0 Å². The van der Waals surface area contributed by atoms with E-state index in [2.05, 4.69) is 12.0 Å². The van der Waals surface area contributed by atoms with E-state index in [0.717, 1.165) is 36.4 Å². The smallest absolute Gasteiger partial charge is 0.164 e. The molecule has 0 bridgehead atoms. The zero-order valence-corrected chi connectivity index (χ0v) is 9.69. The van der Waals surface area contributed by atoms with Gasteiger partial charge in [-0.2, -0.15) is 5.10 Å². The van der Waals surface area contributed by atoms with Crippen molar-refractivity contribution in [2.45, 2.75) is 32.7 Å². The van der Waals surface area contributed by atoms with E-state index in [-0.39, 0.29) is 5.78 Å². The number of ketones is 1. The maximum atomic E-state index is 11.3. The predicted molar refractivity (Wildman–Crippen MR) is 61.3 cm³/mol. The van der Waals surface area contributed by atoms with Crippen LogP contribution in [-0.2, 0) is 11.3 Å². The Morgan fingerprint density at radius 1 is 1.50 bits per heavy atom. The summed E-state index contributed by atoms with van der Waals surface area (Å²) in [7, 11) is 1.63. The molecule has 0 unspecified atom stereocenters. The lowest BCUT2D eigenvalue weighted by Gasteiger charge is -2.08. The van der Waals surface area contributed by atoms with Crippen LogP contribution < -0.4 is 4.74 Å². The van der Waals surface area contributed by atoms with Crippen molar-refractivity contribution in [3.8, 4) is 5.75 Å². The molecule has 4 nitrogen and oxygen atoms in total. The molecule has 86 valence electrons. The number of carbonyl (C=O) groups is 1. The predicted octanol–water partition coefficient (Wildman–Crippen LogP) is 2.05. The van der Waals surface area contributed by atoms with Gasteiger partial charge in [-0.15, -0.1) is 0 Å². The van der Waals surface area contributed by atoms with Gasteiger partial charge in [-0.1, -0.05) is 6.92 Å². The quantitative estimate of drug-likeness (QED) is 0.780. The molecule has 0 atom stereocenters. The van der Waals surface area contributed by atoms with E-state index in [1.54, 1.807) is 19.4 Å². The molecule has 16 heavy (non-hydrogen) atoms. The van der Waals surface area contributed by atoms with Crippen LogP contribution in [-0.4, -0.2) is 22.7 Å². The summed E-state index contributed by atoms with van der Waals surface area (Å²) in [5, 5.41) is 4.29. The first-order chi connectivity index (χ1) is 7.76. The highest BCUT2D eigenvalue weighted by atomic mass is 16.5. The summed E-state index contributed by atoms with van der Waals surface area (Å²) < 4.78 is 7.20. The summed E-state index contributed by atoms with van der Waals surface area (Å²) in [6.45, 7) is 2.95. The van der Waals surface area contributed by atoms with Gasteiger partial charge >= 0.3 is 0 Å². The van der Waals surface area contributed by atoms with Crippen LogP contribution in [0.5, 0.6) is 5.75 Å². The number of aromatic nitrogens is 2. The Bertz CT molecular complexity index is 432. The SMILES string of the molecule is CCCn1ncc(OC)c1C1=CC(=O)CC1. The molecule has 2 rings (SSSR count). The number of methoxy groups -OCH3 is 1. The lowest BCUT2D eigenvalue weighted by atomic mass is 10.1. The molecule has 1 aromatic rings. The number of aryl methyl sites for hydroxylation is 1. The van der Waals surface area contributed by atoms with Gasteiger partial charge in [-0.05, 0) is 24.5 Å². The Hall–Kier alpha value is -1.58. The first kappa shape index (κ1) is 10.9. The third-order valence-electron chi connectivity index (χ3n) is 2.74. The van der Waals surface area contributed by atoms with Crippen LogP contribution in [0.3, 0.4) is 0 Å². The molecule has 1 aliphatic rings. The average Bonchev–Trinajstić information content (AvgIpc) is 2.85. The molecule has 1 heterocycles. The number of hydrogen-bond donors (Lipinski definition) is 0. The second kappa shape index (κ2) is 4.51. The molecule has 1 aromatic heterocycles. The van der Waals surface area contributed by atoms with E-state index in [0.29, 0.717) is 6.42 Å². The van der Waals surface area contributed by atoms with Crippen molar-refractivity contribution in [3.63, 3.8) is 0 Å². The first-order valence-corrected chi connectivity index (χ1v) is 5.59. The van der Waals surface area contributed by atoms with E-state index in [1.807, 2.05) is 4.68 Å². The molecule has 0 spiro atoms. The Kier molecular flexibility index (Phi) is 3.08. The number of allylic oxidation sites excluding steroid dienone is 2. The van der Waals surface area contributed by atoms with Crippen LogP contribution in [0.2, 0.25) is 0 Å². The van der Waals surface area contributed by atoms with E-state index < -0.39 is 0 Å². The average molecular weight is 220 g/mol. The lowest BCUT2D eigenvalue weighted by Crippen LogP contribution is -2.04. The summed E-state index contributed by atoms with van der Waals surface area (Å²) in [6, 6.07) is 0. The largest absolute Gasteiger partial charge is 0.493 e. The Morgan fingerprint density at radius 3 is 2.88 bits per heavy atom. The molecular weight excluding hydrogens is 204 g/mol. The van der Waals surface area contributed by atoms with Crippen molar-refractivity contribution in [1.82, 2.24) is 9.78 Å². The van der Waals surface area contributed by atoms with Gasteiger partial charge in [0.25, 0.3) is 0 Å². The minimum Gasteiger partial charge on any atom is -0.493 e. The highest BCUT2D eigenvalue weighted by Crippen LogP contribution is 2.32. The summed E-state index contributed by atoms with van der Waals surface area (Å²) in [6.07, 6.45) is 5.85. The number of carbonyl (C=O) groups excluding carboxylic acids is 1. The van der Waals surface area contributed by atoms with Crippen molar-refractivity contribution < 1.29 is 9.53 Å². The summed E-state index contributed by atoms with van der Waals surface area (Å²) in [5.41, 5.74) is 2.02. The van der Waals surface area contributed by atoms with Crippen LogP contribution in [0.15, 0.2) is 12.3 Å². The van der Waals surface area contributed by atoms with Crippen LogP contribution in [0.4, 0.5) is 0 Å². The molecule has 0 radical (unpaired) electrons. The van der Waals surface area contributed by atoms with Crippen molar-refractivity contribution in [1.29, 1.82) is 0 Å². The van der Waals surface area contributed by atoms with E-state index >= 15 is 0 Å². The fourth-order valence-corrected chi connectivity index (χ4v) is 2.01. The second-order valence-electron chi connectivity index (χ2n) is 3.92. The molecule has 1 aliphatic carbocycles. The lowest BCUT2D eigenvalue weighted by molar-refractivity contribution is -0.114. The van der Waals surface area contributed by atoms with E-state index in [1.165, 1.54) is 0 Å². The highest BCUT2D eigenvalue weighted by Gasteiger charge is 2.21. The minimum absolute atomic E-state index is 0.196. The summed E-state index contributed by atoms with van der Waals surface area (Å²) in [5.74, 6) is 0.954. The van der Waals surface area contributed by atoms with Gasteiger partial charge in [0.15, 0.2) is 11.5 Å². The maximum Gasteiger partial charge on any atom is 0.164 e. The van der Waals surface area contributed by atoms with Gasteiger partial charge in [-0.3, -0.25) is 9.48 Å². The molecule has 0 aliphatic heterocycles. The van der Waals surface area contributed by atoms with Gasteiger partial charge in [0.05, 0.1) is 13.3 Å². The molecule has 0 fully saturated rings. The summed E-state index contributed by atoms with van der Waals surface area (Å²) >= 11 is 0. The first-order valence-electron chi connectivity index (χ1n) is 5.59. The number of hydrogen-bond acceptors (Lipinski definition) is 3. The van der Waals surface area contributed by atoms with Gasteiger partial charge in [-0.25, -0.2) is 0 Å². The highest BCUT2D eigenvalue weighted by molar-refractivity contribution is 6.01. The van der Waals surface area contributed by atoms with E-state index in [4.69, 9.17) is 4.74 Å². The minimum atomic E-state index is 0.196. The Morgan fingerprint density at radius 2 is 2.31 bits per heavy atom.